The number of halogens is 1. The summed E-state index contributed by atoms with van der Waals surface area (Å²) in [5.74, 6) is -3.58. The number of ketones is 1. The first kappa shape index (κ1) is 72.7. The highest BCUT2D eigenvalue weighted by Gasteiger charge is 2.64. The Kier molecular flexibility index (Phi) is 30.7. The van der Waals surface area contributed by atoms with Crippen molar-refractivity contribution in [3.8, 4) is 11.3 Å². The highest BCUT2D eigenvalue weighted by atomic mass is 79.9. The van der Waals surface area contributed by atoms with Gasteiger partial charge in [0.1, 0.15) is 53.8 Å². The zero-order chi connectivity index (χ0) is 65.5. The van der Waals surface area contributed by atoms with Crippen LogP contribution < -0.4 is 26.6 Å². The molecule has 2 fully saturated rings. The van der Waals surface area contributed by atoms with Crippen LogP contribution in [0.15, 0.2) is 41.4 Å². The van der Waals surface area contributed by atoms with Crippen LogP contribution in [-0.2, 0) is 70.4 Å². The molecule has 0 unspecified atom stereocenters. The van der Waals surface area contributed by atoms with Crippen LogP contribution in [0.25, 0.3) is 22.2 Å². The van der Waals surface area contributed by atoms with Gasteiger partial charge in [-0.25, -0.2) is 19.7 Å². The number of hydrogen-bond donors (Lipinski definition) is 7. The third kappa shape index (κ3) is 25.3. The van der Waals surface area contributed by atoms with E-state index >= 15 is 0 Å². The number of carboxylic acids is 2. The lowest BCUT2D eigenvalue weighted by atomic mass is 10.0. The molecule has 6 amide bonds. The van der Waals surface area contributed by atoms with Gasteiger partial charge in [0.25, 0.3) is 0 Å². The number of amides is 6. The molecule has 1 saturated carbocycles. The van der Waals surface area contributed by atoms with E-state index in [2.05, 4.69) is 74.5 Å². The van der Waals surface area contributed by atoms with Crippen molar-refractivity contribution in [1.82, 2.24) is 55.9 Å². The molecule has 0 bridgehead atoms. The van der Waals surface area contributed by atoms with Gasteiger partial charge in [0, 0.05) is 68.7 Å². The van der Waals surface area contributed by atoms with E-state index in [-0.39, 0.29) is 157 Å². The molecule has 5 heterocycles. The molecule has 91 heavy (non-hydrogen) atoms. The molecule has 0 aromatic carbocycles. The number of carboxylic acid groups (broad SMARTS) is 2. The van der Waals surface area contributed by atoms with Gasteiger partial charge in [0.05, 0.1) is 63.6 Å². The van der Waals surface area contributed by atoms with Crippen LogP contribution in [0.1, 0.15) is 164 Å². The molecule has 4 aromatic heterocycles. The van der Waals surface area contributed by atoms with E-state index < -0.39 is 29.9 Å². The topological polar surface area (TPSA) is 364 Å². The Balaban J connectivity index is 0.736. The standard InChI is InChI=1S/C63H89BrN12O15/c1-42-20-22-51(64)72-60(42)73-61(85)48-33-63(3)34-50(63)76(48)57(82)39-75-49-37-67-47(32-45(49)59(74-75)43(2)77)44-35-68-52(69-36-44)38-70-56(81)41-91-31-29-89-27-25-66-55(80)40-90-30-28-88-26-24-65-53(78)23-21-46(62(86)87)71-54(79)18-16-14-12-10-8-6-4-5-7-9-11-13-15-17-19-58(83)84/h20,22,32,35-37,46,48,50H,4-19,21,23-31,33-34,38-41H2,1-3H3,(H,65,78)(H,66,80)(H,70,81)(H,71,79)(H,83,84)(H,86,87)(H,72,73,85)/t46-,48-,50+,63-/m0/s1. The summed E-state index contributed by atoms with van der Waals surface area (Å²) in [7, 11) is 0. The smallest absolute Gasteiger partial charge is 0.326 e. The second kappa shape index (κ2) is 38.5. The van der Waals surface area contributed by atoms with E-state index in [1.54, 1.807) is 29.4 Å². The number of rotatable bonds is 46. The average molecular weight is 1330 g/mol. The Morgan fingerprint density at radius 2 is 1.25 bits per heavy atom. The van der Waals surface area contributed by atoms with E-state index in [4.69, 9.17) is 24.1 Å². The maximum absolute atomic E-state index is 14.1. The number of ether oxygens (including phenoxy) is 4. The van der Waals surface area contributed by atoms with Gasteiger partial charge in [0.15, 0.2) is 5.78 Å². The molecular weight excluding hydrogens is 1240 g/mol. The van der Waals surface area contributed by atoms with E-state index in [1.165, 1.54) is 56.3 Å². The lowest BCUT2D eigenvalue weighted by Gasteiger charge is -2.27. The summed E-state index contributed by atoms with van der Waals surface area (Å²) < 4.78 is 23.7. The number of hydrogen-bond acceptors (Lipinski definition) is 18. The minimum atomic E-state index is -1.20. The average Bonchev–Trinajstić information content (AvgIpc) is 1.55. The van der Waals surface area contributed by atoms with Crippen LogP contribution in [0.5, 0.6) is 0 Å². The van der Waals surface area contributed by atoms with Crippen molar-refractivity contribution in [2.75, 3.05) is 71.3 Å². The molecule has 7 N–H and O–H groups in total. The summed E-state index contributed by atoms with van der Waals surface area (Å²) in [6.07, 6.45) is 21.2. The molecule has 6 rings (SSSR count). The number of aryl methyl sites for hydroxylation is 1. The summed E-state index contributed by atoms with van der Waals surface area (Å²) in [6.45, 7) is 6.05. The molecular formula is C63H89BrN12O15. The number of piperidine rings is 1. The lowest BCUT2D eigenvalue weighted by Crippen LogP contribution is -2.47. The number of aromatic nitrogens is 6. The Hall–Kier alpha value is -7.40. The van der Waals surface area contributed by atoms with Crippen LogP contribution in [0, 0.1) is 12.3 Å². The highest BCUT2D eigenvalue weighted by Crippen LogP contribution is 2.59. The Morgan fingerprint density at radius 3 is 1.85 bits per heavy atom. The molecule has 27 nitrogen and oxygen atoms in total. The second-order valence-corrected chi connectivity index (χ2v) is 24.2. The molecule has 28 heteroatoms. The van der Waals surface area contributed by atoms with Crippen LogP contribution in [0.3, 0.4) is 0 Å². The minimum Gasteiger partial charge on any atom is -0.481 e. The number of pyridine rings is 2. The van der Waals surface area contributed by atoms with Crippen molar-refractivity contribution in [2.45, 2.75) is 180 Å². The largest absolute Gasteiger partial charge is 0.481 e. The van der Waals surface area contributed by atoms with Crippen molar-refractivity contribution < 1.29 is 72.3 Å². The maximum Gasteiger partial charge on any atom is 0.326 e. The highest BCUT2D eigenvalue weighted by molar-refractivity contribution is 9.10. The van der Waals surface area contributed by atoms with Gasteiger partial charge in [-0.2, -0.15) is 5.10 Å². The van der Waals surface area contributed by atoms with Crippen LogP contribution in [0.4, 0.5) is 5.82 Å². The van der Waals surface area contributed by atoms with Crippen molar-refractivity contribution in [1.29, 1.82) is 0 Å². The van der Waals surface area contributed by atoms with Gasteiger partial charge in [-0.1, -0.05) is 90.0 Å². The zero-order valence-corrected chi connectivity index (χ0v) is 54.1. The number of Topliss-reactive ketones (excluding diaryl/α,β-unsaturated/α-hetero) is 1. The normalized spacial score (nSPS) is 16.0. The minimum absolute atomic E-state index is 0.0231. The van der Waals surface area contributed by atoms with E-state index in [1.807, 2.05) is 13.0 Å². The van der Waals surface area contributed by atoms with Crippen molar-refractivity contribution >= 4 is 85.8 Å². The Morgan fingerprint density at radius 1 is 0.681 bits per heavy atom. The first-order valence-electron chi connectivity index (χ1n) is 31.6. The van der Waals surface area contributed by atoms with Crippen LogP contribution in [-0.4, -0.2) is 182 Å². The molecule has 4 aromatic rings. The number of nitrogens with zero attached hydrogens (tertiary/aromatic N) is 7. The van der Waals surface area contributed by atoms with Crippen molar-refractivity contribution in [3.05, 3.63) is 58.5 Å². The number of unbranched alkanes of at least 4 members (excludes halogenated alkanes) is 13. The van der Waals surface area contributed by atoms with Gasteiger partial charge in [-0.05, 0) is 78.1 Å². The third-order valence-corrected chi connectivity index (χ3v) is 16.4. The summed E-state index contributed by atoms with van der Waals surface area (Å²) in [5, 5.41) is 36.8. The fraction of sp³-hybridized carbons (Fsp3) is 0.619. The molecule has 1 saturated heterocycles. The first-order valence-corrected chi connectivity index (χ1v) is 32.4. The second-order valence-electron chi connectivity index (χ2n) is 23.4. The Labute approximate surface area is 538 Å². The van der Waals surface area contributed by atoms with Crippen molar-refractivity contribution in [3.63, 3.8) is 0 Å². The predicted molar refractivity (Wildman–Crippen MR) is 337 cm³/mol. The number of nitrogens with one attached hydrogen (secondary N) is 5. The number of likely N-dealkylation sites (tertiary alicyclic amines) is 1. The molecule has 1 aliphatic heterocycles. The van der Waals surface area contributed by atoms with Crippen molar-refractivity contribution in [2.24, 2.45) is 5.41 Å². The molecule has 0 spiro atoms. The number of anilines is 1. The SMILES string of the molecule is CC(=O)c1nn(CC(=O)N2[C@H](C(=O)Nc3nc(Br)ccc3C)C[C@@]3(C)C[C@@H]23)c2cnc(-c3cnc(CNC(=O)COCCOCCNC(=O)COCCOCCNC(=O)CC[C@H](NC(=O)CCCCCCCCCCCCCCCCC(=O)O)C(=O)O)nc3)cc12. The summed E-state index contributed by atoms with van der Waals surface area (Å²) in [5.41, 5.74) is 2.22. The molecule has 4 atom stereocenters. The number of fused-ring (bicyclic) bond motifs is 2. The molecule has 2 aliphatic rings. The van der Waals surface area contributed by atoms with Gasteiger partial charge in [-0.15, -0.1) is 0 Å². The monoisotopic (exact) mass is 1330 g/mol. The van der Waals surface area contributed by atoms with Gasteiger partial charge < -0.3 is 60.6 Å². The third-order valence-electron chi connectivity index (χ3n) is 15.9. The summed E-state index contributed by atoms with van der Waals surface area (Å²) in [4.78, 5) is 132. The van der Waals surface area contributed by atoms with Gasteiger partial charge in [0.2, 0.25) is 35.4 Å². The van der Waals surface area contributed by atoms with Gasteiger partial charge in [-0.3, -0.25) is 48.0 Å². The fourth-order valence-electron chi connectivity index (χ4n) is 10.7. The summed E-state index contributed by atoms with van der Waals surface area (Å²) >= 11 is 3.35. The molecule has 0 radical (unpaired) electrons. The lowest BCUT2D eigenvalue weighted by molar-refractivity contribution is -0.142. The molecule has 498 valence electrons. The molecule has 1 aliphatic carbocycles. The maximum atomic E-state index is 14.1. The first-order chi connectivity index (χ1) is 43.8. The van der Waals surface area contributed by atoms with Crippen LogP contribution >= 0.6 is 15.9 Å². The number of carbonyl (C=O) groups excluding carboxylic acids is 7. The zero-order valence-electron chi connectivity index (χ0n) is 52.5. The van der Waals surface area contributed by atoms with Gasteiger partial charge >= 0.3 is 11.9 Å². The number of aliphatic carboxylic acids is 2. The number of carbonyl (C=O) groups is 9. The summed E-state index contributed by atoms with van der Waals surface area (Å²) in [6, 6.07) is 3.35. The quantitative estimate of drug-likeness (QED) is 0.0148. The Bertz CT molecular complexity index is 3080. The predicted octanol–water partition coefficient (Wildman–Crippen LogP) is 6.17. The van der Waals surface area contributed by atoms with Crippen LogP contribution in [0.2, 0.25) is 0 Å². The van der Waals surface area contributed by atoms with E-state index in [0.717, 1.165) is 56.9 Å². The fourth-order valence-corrected chi connectivity index (χ4v) is 11.0. The van der Waals surface area contributed by atoms with E-state index in [0.29, 0.717) is 51.2 Å². The van der Waals surface area contributed by atoms with E-state index in [9.17, 15) is 48.3 Å².